The standard InChI is InChI=1S/C11H13BrN2O/c1-7-3-4-9-5-11(12)13-6-10(9)14(7)8(2)15/h5-7H,3-4H2,1-2H3/t7-/m0/s1. The molecular formula is C11H13BrN2O. The normalized spacial score (nSPS) is 19.9. The summed E-state index contributed by atoms with van der Waals surface area (Å²) < 4.78 is 0.833. The zero-order valence-electron chi connectivity index (χ0n) is 8.83. The van der Waals surface area contributed by atoms with Crippen molar-refractivity contribution >= 4 is 27.5 Å². The van der Waals surface area contributed by atoms with Crippen LogP contribution in [0.4, 0.5) is 5.69 Å². The van der Waals surface area contributed by atoms with E-state index < -0.39 is 0 Å². The van der Waals surface area contributed by atoms with Gasteiger partial charge in [0, 0.05) is 13.0 Å². The third-order valence-electron chi connectivity index (χ3n) is 2.80. The summed E-state index contributed by atoms with van der Waals surface area (Å²) in [5.41, 5.74) is 2.16. The molecule has 1 aromatic rings. The van der Waals surface area contributed by atoms with Crippen molar-refractivity contribution in [2.75, 3.05) is 4.90 Å². The molecule has 80 valence electrons. The van der Waals surface area contributed by atoms with Crippen LogP contribution in [0.3, 0.4) is 0 Å². The average molecular weight is 269 g/mol. The van der Waals surface area contributed by atoms with E-state index in [2.05, 4.69) is 27.8 Å². The SMILES string of the molecule is CC(=O)N1c2cnc(Br)cc2CC[C@@H]1C. The summed E-state index contributed by atoms with van der Waals surface area (Å²) in [5, 5.41) is 0. The van der Waals surface area contributed by atoms with Crippen LogP contribution < -0.4 is 4.90 Å². The molecule has 2 rings (SSSR count). The quantitative estimate of drug-likeness (QED) is 0.678. The minimum Gasteiger partial charge on any atom is -0.308 e. The average Bonchev–Trinajstić information content (AvgIpc) is 2.17. The van der Waals surface area contributed by atoms with Gasteiger partial charge in [0.05, 0.1) is 11.9 Å². The Kier molecular flexibility index (Phi) is 2.78. The van der Waals surface area contributed by atoms with Crippen LogP contribution in [0.25, 0.3) is 0 Å². The highest BCUT2D eigenvalue weighted by atomic mass is 79.9. The third-order valence-corrected chi connectivity index (χ3v) is 3.24. The van der Waals surface area contributed by atoms with E-state index in [0.717, 1.165) is 23.1 Å². The zero-order valence-corrected chi connectivity index (χ0v) is 10.4. The van der Waals surface area contributed by atoms with Crippen LogP contribution in [0, 0.1) is 0 Å². The maximum Gasteiger partial charge on any atom is 0.224 e. The van der Waals surface area contributed by atoms with Crippen LogP contribution in [-0.2, 0) is 11.2 Å². The van der Waals surface area contributed by atoms with Crippen LogP contribution in [-0.4, -0.2) is 16.9 Å². The maximum atomic E-state index is 11.5. The monoisotopic (exact) mass is 268 g/mol. The summed E-state index contributed by atoms with van der Waals surface area (Å²) in [6, 6.07) is 2.27. The van der Waals surface area contributed by atoms with Crippen molar-refractivity contribution in [2.24, 2.45) is 0 Å². The predicted octanol–water partition coefficient (Wildman–Crippen LogP) is 2.53. The number of pyridine rings is 1. The van der Waals surface area contributed by atoms with Crippen LogP contribution in [0.1, 0.15) is 25.8 Å². The fraction of sp³-hybridized carbons (Fsp3) is 0.455. The van der Waals surface area contributed by atoms with Crippen LogP contribution in [0.5, 0.6) is 0 Å². The highest BCUT2D eigenvalue weighted by Crippen LogP contribution is 2.31. The van der Waals surface area contributed by atoms with Crippen molar-refractivity contribution < 1.29 is 4.79 Å². The Balaban J connectivity index is 2.48. The van der Waals surface area contributed by atoms with Crippen molar-refractivity contribution in [3.05, 3.63) is 22.4 Å². The molecule has 1 amide bonds. The number of halogens is 1. The lowest BCUT2D eigenvalue weighted by molar-refractivity contribution is -0.117. The molecule has 2 heterocycles. The smallest absolute Gasteiger partial charge is 0.224 e. The van der Waals surface area contributed by atoms with Gasteiger partial charge in [-0.2, -0.15) is 0 Å². The lowest BCUT2D eigenvalue weighted by atomic mass is 9.98. The van der Waals surface area contributed by atoms with Crippen LogP contribution >= 0.6 is 15.9 Å². The first-order valence-electron chi connectivity index (χ1n) is 5.04. The summed E-state index contributed by atoms with van der Waals surface area (Å²) in [7, 11) is 0. The summed E-state index contributed by atoms with van der Waals surface area (Å²) in [4.78, 5) is 17.6. The van der Waals surface area contributed by atoms with E-state index in [0.29, 0.717) is 0 Å². The van der Waals surface area contributed by atoms with Crippen molar-refractivity contribution in [3.8, 4) is 0 Å². The number of carbonyl (C=O) groups is 1. The highest BCUT2D eigenvalue weighted by Gasteiger charge is 2.26. The van der Waals surface area contributed by atoms with Gasteiger partial charge in [-0.15, -0.1) is 0 Å². The van der Waals surface area contributed by atoms with E-state index in [1.807, 2.05) is 11.0 Å². The Morgan fingerprint density at radius 2 is 2.40 bits per heavy atom. The Hall–Kier alpha value is -0.900. The van der Waals surface area contributed by atoms with Gasteiger partial charge in [0.1, 0.15) is 4.60 Å². The summed E-state index contributed by atoms with van der Waals surface area (Å²) in [5.74, 6) is 0.0903. The van der Waals surface area contributed by atoms with Crippen LogP contribution in [0.15, 0.2) is 16.9 Å². The molecule has 0 aliphatic carbocycles. The number of rotatable bonds is 0. The molecule has 0 saturated carbocycles. The first-order chi connectivity index (χ1) is 7.09. The molecule has 1 aromatic heterocycles. The van der Waals surface area contributed by atoms with Crippen molar-refractivity contribution in [3.63, 3.8) is 0 Å². The molecule has 1 aliphatic rings. The molecular weight excluding hydrogens is 256 g/mol. The van der Waals surface area contributed by atoms with Gasteiger partial charge in [0.2, 0.25) is 5.91 Å². The fourth-order valence-corrected chi connectivity index (χ4v) is 2.47. The lowest BCUT2D eigenvalue weighted by Crippen LogP contribution is -2.40. The predicted molar refractivity (Wildman–Crippen MR) is 62.9 cm³/mol. The number of hydrogen-bond acceptors (Lipinski definition) is 2. The summed E-state index contributed by atoms with van der Waals surface area (Å²) in [6.45, 7) is 3.68. The van der Waals surface area contributed by atoms with Crippen LogP contribution in [0.2, 0.25) is 0 Å². The van der Waals surface area contributed by atoms with Crippen molar-refractivity contribution in [1.82, 2.24) is 4.98 Å². The van der Waals surface area contributed by atoms with Gasteiger partial charge in [0.15, 0.2) is 0 Å². The summed E-state index contributed by atoms with van der Waals surface area (Å²) in [6.07, 6.45) is 3.81. The zero-order chi connectivity index (χ0) is 11.0. The Morgan fingerprint density at radius 3 is 3.07 bits per heavy atom. The molecule has 1 aliphatic heterocycles. The number of fused-ring (bicyclic) bond motifs is 1. The van der Waals surface area contributed by atoms with Crippen molar-refractivity contribution in [1.29, 1.82) is 0 Å². The number of amides is 1. The third kappa shape index (κ3) is 1.91. The first kappa shape index (κ1) is 10.6. The lowest BCUT2D eigenvalue weighted by Gasteiger charge is -2.34. The number of carbonyl (C=O) groups excluding carboxylic acids is 1. The molecule has 1 atom stereocenters. The number of aromatic nitrogens is 1. The fourth-order valence-electron chi connectivity index (χ4n) is 2.09. The van der Waals surface area contributed by atoms with Crippen molar-refractivity contribution in [2.45, 2.75) is 32.7 Å². The molecule has 0 spiro atoms. The van der Waals surface area contributed by atoms with E-state index in [-0.39, 0.29) is 11.9 Å². The largest absolute Gasteiger partial charge is 0.308 e. The molecule has 4 heteroatoms. The molecule has 0 N–H and O–H groups in total. The van der Waals surface area contributed by atoms with Gasteiger partial charge in [-0.3, -0.25) is 4.79 Å². The van der Waals surface area contributed by atoms with Gasteiger partial charge >= 0.3 is 0 Å². The molecule has 0 saturated heterocycles. The Bertz CT molecular complexity index is 406. The van der Waals surface area contributed by atoms with E-state index in [1.54, 1.807) is 13.1 Å². The van der Waals surface area contributed by atoms with Gasteiger partial charge in [-0.1, -0.05) is 0 Å². The maximum absolute atomic E-state index is 11.5. The minimum absolute atomic E-state index is 0.0903. The molecule has 0 bridgehead atoms. The number of anilines is 1. The molecule has 0 unspecified atom stereocenters. The van der Waals surface area contributed by atoms with E-state index in [1.165, 1.54) is 5.56 Å². The molecule has 0 aromatic carbocycles. The molecule has 0 radical (unpaired) electrons. The topological polar surface area (TPSA) is 33.2 Å². The highest BCUT2D eigenvalue weighted by molar-refractivity contribution is 9.10. The number of nitrogens with zero attached hydrogens (tertiary/aromatic N) is 2. The summed E-state index contributed by atoms with van der Waals surface area (Å²) >= 11 is 3.35. The second kappa shape index (κ2) is 3.93. The van der Waals surface area contributed by atoms with Gasteiger partial charge in [-0.25, -0.2) is 4.98 Å². The molecule has 3 nitrogen and oxygen atoms in total. The van der Waals surface area contributed by atoms with E-state index in [9.17, 15) is 4.79 Å². The second-order valence-corrected chi connectivity index (χ2v) is 4.72. The first-order valence-corrected chi connectivity index (χ1v) is 5.83. The van der Waals surface area contributed by atoms with Gasteiger partial charge in [-0.05, 0) is 47.3 Å². The Morgan fingerprint density at radius 1 is 1.67 bits per heavy atom. The number of hydrogen-bond donors (Lipinski definition) is 0. The van der Waals surface area contributed by atoms with Gasteiger partial charge < -0.3 is 4.90 Å². The second-order valence-electron chi connectivity index (χ2n) is 3.91. The number of aryl methyl sites for hydroxylation is 1. The molecule has 0 fully saturated rings. The molecule has 15 heavy (non-hydrogen) atoms. The Labute approximate surface area is 97.6 Å². The van der Waals surface area contributed by atoms with E-state index >= 15 is 0 Å². The van der Waals surface area contributed by atoms with Gasteiger partial charge in [0.25, 0.3) is 0 Å². The minimum atomic E-state index is 0.0903. The van der Waals surface area contributed by atoms with E-state index in [4.69, 9.17) is 0 Å².